The summed E-state index contributed by atoms with van der Waals surface area (Å²) in [6, 6.07) is 17.9. The van der Waals surface area contributed by atoms with Crippen LogP contribution in [0.5, 0.6) is 0 Å². The molecule has 0 radical (unpaired) electrons. The van der Waals surface area contributed by atoms with Crippen LogP contribution in [-0.2, 0) is 18.9 Å². The van der Waals surface area contributed by atoms with Gasteiger partial charge in [-0.25, -0.2) is 9.59 Å². The largest absolute Gasteiger partial charge is 0.456 e. The summed E-state index contributed by atoms with van der Waals surface area (Å²) in [6.07, 6.45) is 0.581. The van der Waals surface area contributed by atoms with Crippen molar-refractivity contribution >= 4 is 11.9 Å². The first kappa shape index (κ1) is 24.4. The maximum atomic E-state index is 12.9. The Morgan fingerprint density at radius 1 is 0.676 bits per heavy atom. The molecule has 2 aromatic carbocycles. The maximum Gasteiger partial charge on any atom is 0.338 e. The van der Waals surface area contributed by atoms with Crippen LogP contribution in [0.25, 0.3) is 0 Å². The van der Waals surface area contributed by atoms with E-state index in [1.807, 2.05) is 39.8 Å². The molecule has 0 aromatic heterocycles. The van der Waals surface area contributed by atoms with Crippen LogP contribution in [0.4, 0.5) is 0 Å². The molecule has 6 nitrogen and oxygen atoms in total. The molecule has 182 valence electrons. The summed E-state index contributed by atoms with van der Waals surface area (Å²) in [7, 11) is 0. The van der Waals surface area contributed by atoms with Gasteiger partial charge in [0.2, 0.25) is 0 Å². The van der Waals surface area contributed by atoms with E-state index in [1.54, 1.807) is 48.5 Å². The van der Waals surface area contributed by atoms with Gasteiger partial charge in [0.15, 0.2) is 0 Å². The molecule has 2 fully saturated rings. The molecule has 0 saturated carbocycles. The van der Waals surface area contributed by atoms with E-state index in [9.17, 15) is 9.59 Å². The lowest BCUT2D eigenvalue weighted by atomic mass is 9.85. The first-order chi connectivity index (χ1) is 16.1. The molecule has 0 bridgehead atoms. The van der Waals surface area contributed by atoms with Crippen LogP contribution >= 0.6 is 0 Å². The minimum Gasteiger partial charge on any atom is -0.456 e. The van der Waals surface area contributed by atoms with Gasteiger partial charge in [0.1, 0.15) is 24.4 Å². The Bertz CT molecular complexity index is 903. The molecule has 0 amide bonds. The quantitative estimate of drug-likeness (QED) is 0.553. The Morgan fingerprint density at radius 2 is 1.03 bits per heavy atom. The Balaban J connectivity index is 1.58. The fourth-order valence-corrected chi connectivity index (χ4v) is 4.68. The molecule has 0 aliphatic carbocycles. The van der Waals surface area contributed by atoms with Crippen molar-refractivity contribution in [2.45, 2.75) is 89.0 Å². The van der Waals surface area contributed by atoms with E-state index in [0.29, 0.717) is 24.0 Å². The second-order valence-corrected chi connectivity index (χ2v) is 10.4. The number of ether oxygens (including phenoxy) is 4. The van der Waals surface area contributed by atoms with Crippen LogP contribution in [0, 0.1) is 0 Å². The van der Waals surface area contributed by atoms with Crippen molar-refractivity contribution in [3.05, 3.63) is 71.8 Å². The van der Waals surface area contributed by atoms with Crippen LogP contribution < -0.4 is 0 Å². The number of hydrogen-bond donors (Lipinski definition) is 0. The lowest BCUT2D eigenvalue weighted by Gasteiger charge is -2.49. The molecular weight excluding hydrogens is 432 g/mol. The molecule has 0 N–H and O–H groups in total. The Morgan fingerprint density at radius 3 is 1.38 bits per heavy atom. The minimum atomic E-state index is -0.565. The van der Waals surface area contributed by atoms with E-state index in [0.717, 1.165) is 12.8 Å². The molecule has 2 saturated heterocycles. The van der Waals surface area contributed by atoms with Gasteiger partial charge < -0.3 is 18.9 Å². The van der Waals surface area contributed by atoms with Crippen LogP contribution in [0.1, 0.15) is 74.1 Å². The summed E-state index contributed by atoms with van der Waals surface area (Å²) in [5.41, 5.74) is 0.143. The van der Waals surface area contributed by atoms with Gasteiger partial charge in [-0.2, -0.15) is 0 Å². The summed E-state index contributed by atoms with van der Waals surface area (Å²) in [5.74, 6) is -0.793. The predicted octanol–water partition coefficient (Wildman–Crippen LogP) is 5.35. The smallest absolute Gasteiger partial charge is 0.338 e. The summed E-state index contributed by atoms with van der Waals surface area (Å²) in [4.78, 5) is 25.7. The van der Waals surface area contributed by atoms with Crippen molar-refractivity contribution < 1.29 is 28.5 Å². The fourth-order valence-electron chi connectivity index (χ4n) is 4.68. The van der Waals surface area contributed by atoms with Crippen molar-refractivity contribution in [1.82, 2.24) is 0 Å². The zero-order chi connectivity index (χ0) is 24.3. The second-order valence-electron chi connectivity index (χ2n) is 10.4. The summed E-state index contributed by atoms with van der Waals surface area (Å²) in [6.45, 7) is 8.09. The SMILES string of the molecule is CC1(C)CC[C@@H](OC(=O)c2ccccc2)[C@@H]([C@H]2OC(C)(C)CC[C@H]2OC(=O)c2ccccc2)O1. The molecule has 0 unspecified atom stereocenters. The lowest BCUT2D eigenvalue weighted by Crippen LogP contribution is -2.59. The van der Waals surface area contributed by atoms with E-state index in [4.69, 9.17) is 18.9 Å². The zero-order valence-corrected chi connectivity index (χ0v) is 20.4. The third kappa shape index (κ3) is 5.86. The molecule has 0 spiro atoms. The molecular formula is C28H34O6. The predicted molar refractivity (Wildman–Crippen MR) is 128 cm³/mol. The van der Waals surface area contributed by atoms with Crippen LogP contribution in [0.2, 0.25) is 0 Å². The average molecular weight is 467 g/mol. The van der Waals surface area contributed by atoms with Gasteiger partial charge in [0.25, 0.3) is 0 Å². The van der Waals surface area contributed by atoms with Gasteiger partial charge in [-0.15, -0.1) is 0 Å². The Hall–Kier alpha value is -2.70. The highest BCUT2D eigenvalue weighted by atomic mass is 16.6. The molecule has 2 heterocycles. The third-order valence-electron chi connectivity index (χ3n) is 6.56. The van der Waals surface area contributed by atoms with E-state index in [1.165, 1.54) is 0 Å². The topological polar surface area (TPSA) is 71.1 Å². The number of benzene rings is 2. The Labute approximate surface area is 201 Å². The van der Waals surface area contributed by atoms with Crippen molar-refractivity contribution in [3.63, 3.8) is 0 Å². The number of esters is 2. The summed E-state index contributed by atoms with van der Waals surface area (Å²) < 4.78 is 24.9. The van der Waals surface area contributed by atoms with E-state index in [2.05, 4.69) is 0 Å². The fraction of sp³-hybridized carbons (Fsp3) is 0.500. The molecule has 6 heteroatoms. The van der Waals surface area contributed by atoms with Gasteiger partial charge in [-0.1, -0.05) is 36.4 Å². The molecule has 2 aliphatic heterocycles. The van der Waals surface area contributed by atoms with Gasteiger partial charge >= 0.3 is 11.9 Å². The molecule has 4 rings (SSSR count). The number of carbonyl (C=O) groups is 2. The average Bonchev–Trinajstić information content (AvgIpc) is 2.82. The molecule has 2 aromatic rings. The van der Waals surface area contributed by atoms with E-state index < -0.39 is 47.6 Å². The highest BCUT2D eigenvalue weighted by Gasteiger charge is 2.50. The van der Waals surface area contributed by atoms with Crippen LogP contribution in [-0.4, -0.2) is 47.6 Å². The van der Waals surface area contributed by atoms with Gasteiger partial charge in [0, 0.05) is 0 Å². The minimum absolute atomic E-state index is 0.396. The van der Waals surface area contributed by atoms with Crippen molar-refractivity contribution in [2.75, 3.05) is 0 Å². The van der Waals surface area contributed by atoms with Crippen LogP contribution in [0.3, 0.4) is 0 Å². The normalized spacial score (nSPS) is 28.0. The summed E-state index contributed by atoms with van der Waals surface area (Å²) >= 11 is 0. The van der Waals surface area contributed by atoms with Crippen molar-refractivity contribution in [1.29, 1.82) is 0 Å². The lowest BCUT2D eigenvalue weighted by molar-refractivity contribution is -0.257. The van der Waals surface area contributed by atoms with Gasteiger partial charge in [-0.05, 0) is 77.6 Å². The zero-order valence-electron chi connectivity index (χ0n) is 20.4. The monoisotopic (exact) mass is 466 g/mol. The number of rotatable bonds is 5. The first-order valence-corrected chi connectivity index (χ1v) is 12.0. The number of carbonyl (C=O) groups excluding carboxylic acids is 2. The van der Waals surface area contributed by atoms with E-state index >= 15 is 0 Å². The molecule has 2 aliphatic rings. The second kappa shape index (κ2) is 9.88. The van der Waals surface area contributed by atoms with Crippen LogP contribution in [0.15, 0.2) is 60.7 Å². The summed E-state index contributed by atoms with van der Waals surface area (Å²) in [5, 5.41) is 0. The van der Waals surface area contributed by atoms with Gasteiger partial charge in [-0.3, -0.25) is 0 Å². The molecule has 4 atom stereocenters. The van der Waals surface area contributed by atoms with Crippen molar-refractivity contribution in [3.8, 4) is 0 Å². The van der Waals surface area contributed by atoms with Crippen molar-refractivity contribution in [2.24, 2.45) is 0 Å². The third-order valence-corrected chi connectivity index (χ3v) is 6.56. The van der Waals surface area contributed by atoms with E-state index in [-0.39, 0.29) is 0 Å². The standard InChI is InChI=1S/C28H34O6/c1-27(2)17-15-21(31-25(29)19-11-7-5-8-12-19)23(33-27)24-22(16-18-28(3,4)34-24)32-26(30)20-13-9-6-10-14-20/h5-14,21-24H,15-18H2,1-4H3/t21-,22-,23+,24+/m1/s1. The number of hydrogen-bond acceptors (Lipinski definition) is 6. The molecule has 34 heavy (non-hydrogen) atoms. The highest BCUT2D eigenvalue weighted by Crippen LogP contribution is 2.39. The Kier molecular flexibility index (Phi) is 7.10. The maximum absolute atomic E-state index is 12.9. The highest BCUT2D eigenvalue weighted by molar-refractivity contribution is 5.90. The first-order valence-electron chi connectivity index (χ1n) is 12.0. The van der Waals surface area contributed by atoms with Gasteiger partial charge in [0.05, 0.1) is 22.3 Å².